The van der Waals surface area contributed by atoms with E-state index < -0.39 is 17.9 Å². The van der Waals surface area contributed by atoms with Crippen molar-refractivity contribution >= 4 is 40.9 Å². The second-order valence-corrected chi connectivity index (χ2v) is 11.9. The zero-order chi connectivity index (χ0) is 35.2. The van der Waals surface area contributed by atoms with E-state index in [2.05, 4.69) is 17.6 Å². The molecule has 2 N–H and O–H groups in total. The lowest BCUT2D eigenvalue weighted by Crippen LogP contribution is -2.41. The molecule has 0 fully saturated rings. The summed E-state index contributed by atoms with van der Waals surface area (Å²) in [4.78, 5) is 51.0. The van der Waals surface area contributed by atoms with Gasteiger partial charge in [0.1, 0.15) is 5.75 Å². The Balaban J connectivity index is 1.32. The van der Waals surface area contributed by atoms with Crippen molar-refractivity contribution < 1.29 is 33.4 Å². The lowest BCUT2D eigenvalue weighted by Gasteiger charge is -2.17. The summed E-state index contributed by atoms with van der Waals surface area (Å²) in [6, 6.07) is 23.9. The molecule has 0 aromatic heterocycles. The van der Waals surface area contributed by atoms with Crippen LogP contribution in [0.2, 0.25) is 5.02 Å². The fraction of sp³-hybridized carbons (Fsp3) is 0.282. The van der Waals surface area contributed by atoms with Gasteiger partial charge in [0.2, 0.25) is 0 Å². The smallest absolute Gasteiger partial charge is 0.343 e. The summed E-state index contributed by atoms with van der Waals surface area (Å²) >= 11 is 6.11. The Labute approximate surface area is 291 Å². The standard InChI is InChI=1S/C39H41ClN2O7/c1-4-5-6-7-10-23-48-31-20-16-29(17-21-31)39(46)49-35-22-13-27(25-36(35)47-3)24-34(26(2)43)42-37(44)28-14-18-30(19-15-28)41-38(45)32-11-8-9-12-33(32)40/h8-9,11-22,25,34H,4-7,10,23-24H2,1-3H3,(H,41,45)(H,42,44). The molecule has 1 unspecified atom stereocenters. The summed E-state index contributed by atoms with van der Waals surface area (Å²) in [7, 11) is 1.45. The van der Waals surface area contributed by atoms with Gasteiger partial charge in [0.05, 0.1) is 35.9 Å². The topological polar surface area (TPSA) is 120 Å². The summed E-state index contributed by atoms with van der Waals surface area (Å²) < 4.78 is 16.9. The molecular weight excluding hydrogens is 644 g/mol. The summed E-state index contributed by atoms with van der Waals surface area (Å²) in [6.45, 7) is 4.21. The molecule has 2 amide bonds. The molecule has 49 heavy (non-hydrogen) atoms. The molecule has 0 saturated heterocycles. The van der Waals surface area contributed by atoms with Gasteiger partial charge in [0.25, 0.3) is 11.8 Å². The van der Waals surface area contributed by atoms with Crippen LogP contribution in [0.3, 0.4) is 0 Å². The van der Waals surface area contributed by atoms with Crippen LogP contribution in [0.15, 0.2) is 91.0 Å². The molecule has 4 aromatic carbocycles. The van der Waals surface area contributed by atoms with E-state index in [1.165, 1.54) is 33.3 Å². The van der Waals surface area contributed by atoms with Crippen LogP contribution in [0.1, 0.15) is 82.6 Å². The Kier molecular flexibility index (Phi) is 13.8. The maximum atomic E-state index is 13.0. The van der Waals surface area contributed by atoms with Gasteiger partial charge < -0.3 is 24.8 Å². The van der Waals surface area contributed by atoms with Crippen LogP contribution >= 0.6 is 11.6 Å². The molecular formula is C39H41ClN2O7. The molecule has 0 heterocycles. The fourth-order valence-electron chi connectivity index (χ4n) is 4.99. The highest BCUT2D eigenvalue weighted by Gasteiger charge is 2.21. The summed E-state index contributed by atoms with van der Waals surface area (Å²) in [5.41, 5.74) is 2.16. The van der Waals surface area contributed by atoms with Gasteiger partial charge in [0.15, 0.2) is 17.3 Å². The van der Waals surface area contributed by atoms with E-state index in [9.17, 15) is 19.2 Å². The van der Waals surface area contributed by atoms with E-state index in [0.717, 1.165) is 12.8 Å². The molecule has 0 aliphatic heterocycles. The van der Waals surface area contributed by atoms with Crippen molar-refractivity contribution in [1.29, 1.82) is 0 Å². The van der Waals surface area contributed by atoms with E-state index in [-0.39, 0.29) is 23.9 Å². The number of esters is 1. The molecule has 0 saturated carbocycles. The van der Waals surface area contributed by atoms with Gasteiger partial charge in [-0.05, 0) is 98.1 Å². The average molecular weight is 685 g/mol. The highest BCUT2D eigenvalue weighted by Crippen LogP contribution is 2.30. The Morgan fingerprint density at radius 3 is 2.14 bits per heavy atom. The molecule has 0 aliphatic rings. The minimum absolute atomic E-state index is 0.178. The number of hydrogen-bond donors (Lipinski definition) is 2. The van der Waals surface area contributed by atoms with Gasteiger partial charge in [-0.1, -0.05) is 62.4 Å². The molecule has 4 aromatic rings. The van der Waals surface area contributed by atoms with Crippen molar-refractivity contribution in [3.63, 3.8) is 0 Å². The monoisotopic (exact) mass is 684 g/mol. The minimum atomic E-state index is -0.831. The lowest BCUT2D eigenvalue weighted by atomic mass is 10.0. The maximum Gasteiger partial charge on any atom is 0.343 e. The zero-order valence-corrected chi connectivity index (χ0v) is 28.7. The first-order valence-corrected chi connectivity index (χ1v) is 16.7. The van der Waals surface area contributed by atoms with Crippen molar-refractivity contribution in [2.75, 3.05) is 19.0 Å². The first kappa shape index (κ1) is 36.7. The predicted octanol–water partition coefficient (Wildman–Crippen LogP) is 8.10. The lowest BCUT2D eigenvalue weighted by molar-refractivity contribution is -0.118. The highest BCUT2D eigenvalue weighted by molar-refractivity contribution is 6.34. The SMILES string of the molecule is CCCCCCCOc1ccc(C(=O)Oc2ccc(CC(NC(=O)c3ccc(NC(=O)c4ccccc4Cl)cc3)C(C)=O)cc2OC)cc1. The Hall–Kier alpha value is -5.15. The Morgan fingerprint density at radius 1 is 0.776 bits per heavy atom. The Bertz CT molecular complexity index is 1740. The number of benzene rings is 4. The number of methoxy groups -OCH3 is 1. The van der Waals surface area contributed by atoms with E-state index in [4.69, 9.17) is 25.8 Å². The minimum Gasteiger partial charge on any atom is -0.494 e. The second-order valence-electron chi connectivity index (χ2n) is 11.5. The van der Waals surface area contributed by atoms with Gasteiger partial charge in [-0.15, -0.1) is 0 Å². The molecule has 9 nitrogen and oxygen atoms in total. The number of ether oxygens (including phenoxy) is 3. The number of nitrogens with one attached hydrogen (secondary N) is 2. The van der Waals surface area contributed by atoms with Crippen LogP contribution in [0.5, 0.6) is 17.2 Å². The Morgan fingerprint density at radius 2 is 1.47 bits per heavy atom. The third-order valence-electron chi connectivity index (χ3n) is 7.80. The summed E-state index contributed by atoms with van der Waals surface area (Å²) in [5.74, 6) is -0.415. The number of carbonyl (C=O) groups is 4. The molecule has 4 rings (SSSR count). The quantitative estimate of drug-likeness (QED) is 0.0655. The van der Waals surface area contributed by atoms with Crippen molar-refractivity contribution in [1.82, 2.24) is 5.32 Å². The molecule has 0 bridgehead atoms. The van der Waals surface area contributed by atoms with Crippen LogP contribution in [-0.4, -0.2) is 43.3 Å². The zero-order valence-electron chi connectivity index (χ0n) is 27.9. The van der Waals surface area contributed by atoms with E-state index in [1.54, 1.807) is 91.0 Å². The number of hydrogen-bond acceptors (Lipinski definition) is 7. The van der Waals surface area contributed by atoms with Crippen molar-refractivity contribution in [2.24, 2.45) is 0 Å². The highest BCUT2D eigenvalue weighted by atomic mass is 35.5. The molecule has 10 heteroatoms. The molecule has 1 atom stereocenters. The number of rotatable bonds is 17. The predicted molar refractivity (Wildman–Crippen MR) is 190 cm³/mol. The molecule has 0 radical (unpaired) electrons. The van der Waals surface area contributed by atoms with Crippen LogP contribution < -0.4 is 24.8 Å². The number of anilines is 1. The van der Waals surface area contributed by atoms with Crippen LogP contribution in [-0.2, 0) is 11.2 Å². The van der Waals surface area contributed by atoms with Crippen molar-refractivity contribution in [2.45, 2.75) is 58.4 Å². The number of halogens is 1. The molecule has 0 spiro atoms. The number of ketones is 1. The van der Waals surface area contributed by atoms with Gasteiger partial charge in [-0.25, -0.2) is 4.79 Å². The molecule has 0 aliphatic carbocycles. The first-order valence-electron chi connectivity index (χ1n) is 16.3. The van der Waals surface area contributed by atoms with Gasteiger partial charge in [-0.2, -0.15) is 0 Å². The van der Waals surface area contributed by atoms with Gasteiger partial charge >= 0.3 is 5.97 Å². The number of unbranched alkanes of at least 4 members (excludes halogenated alkanes) is 4. The largest absolute Gasteiger partial charge is 0.494 e. The van der Waals surface area contributed by atoms with Crippen LogP contribution in [0.4, 0.5) is 5.69 Å². The van der Waals surface area contributed by atoms with E-state index in [0.29, 0.717) is 51.1 Å². The third-order valence-corrected chi connectivity index (χ3v) is 8.13. The van der Waals surface area contributed by atoms with Crippen molar-refractivity contribution in [3.05, 3.63) is 118 Å². The van der Waals surface area contributed by atoms with Gasteiger partial charge in [-0.3, -0.25) is 14.4 Å². The second kappa shape index (κ2) is 18.4. The first-order chi connectivity index (χ1) is 23.7. The van der Waals surface area contributed by atoms with Crippen LogP contribution in [0, 0.1) is 0 Å². The number of amides is 2. The number of carbonyl (C=O) groups excluding carboxylic acids is 4. The van der Waals surface area contributed by atoms with E-state index in [1.807, 2.05) is 0 Å². The maximum absolute atomic E-state index is 13.0. The van der Waals surface area contributed by atoms with Crippen LogP contribution in [0.25, 0.3) is 0 Å². The molecule has 256 valence electrons. The van der Waals surface area contributed by atoms with Gasteiger partial charge in [0, 0.05) is 11.3 Å². The number of Topliss-reactive ketones (excluding diaryl/α,β-unsaturated/α-hetero) is 1. The van der Waals surface area contributed by atoms with Crippen molar-refractivity contribution in [3.8, 4) is 17.2 Å². The fourth-order valence-corrected chi connectivity index (χ4v) is 5.21. The normalized spacial score (nSPS) is 11.3. The third kappa shape index (κ3) is 10.9. The summed E-state index contributed by atoms with van der Waals surface area (Å²) in [6.07, 6.45) is 5.93. The van der Waals surface area contributed by atoms with E-state index >= 15 is 0 Å². The summed E-state index contributed by atoms with van der Waals surface area (Å²) in [5, 5.41) is 5.86. The average Bonchev–Trinajstić information content (AvgIpc) is 3.10.